The molecule has 8 aromatic rings. The molecule has 70 heavy (non-hydrogen) atoms. The molecule has 0 unspecified atom stereocenters. The first-order chi connectivity index (χ1) is 33.6. The first-order valence-corrected chi connectivity index (χ1v) is 23.3. The fourth-order valence-electron chi connectivity index (χ4n) is 8.15. The minimum Gasteiger partial charge on any atom is -0.493 e. The number of aromatic nitrogens is 10. The molecule has 0 radical (unpaired) electrons. The van der Waals surface area contributed by atoms with Crippen LogP contribution >= 0.6 is 23.2 Å². The van der Waals surface area contributed by atoms with Gasteiger partial charge in [0.2, 0.25) is 17.7 Å². The highest BCUT2D eigenvalue weighted by Crippen LogP contribution is 2.23. The van der Waals surface area contributed by atoms with E-state index in [0.717, 1.165) is 50.1 Å². The topological polar surface area (TPSA) is 279 Å². The highest BCUT2D eigenvalue weighted by atomic mass is 35.5. The number of piperidine rings is 2. The molecule has 2 fully saturated rings. The molecule has 21 nitrogen and oxygen atoms in total. The summed E-state index contributed by atoms with van der Waals surface area (Å²) in [4.78, 5) is 66.7. The quantitative estimate of drug-likeness (QED) is 0.106. The Hall–Kier alpha value is -7.75. The van der Waals surface area contributed by atoms with Crippen LogP contribution in [0, 0.1) is 5.41 Å². The number of carbonyl (C=O) groups is 1. The summed E-state index contributed by atoms with van der Waals surface area (Å²) in [6, 6.07) is 18.5. The van der Waals surface area contributed by atoms with Crippen molar-refractivity contribution in [3.8, 4) is 11.8 Å². The lowest BCUT2D eigenvalue weighted by molar-refractivity contribution is -0.140. The number of carbonyl (C=O) groups excluding carboxylic acids is 1. The monoisotopic (exact) mass is 988 g/mol. The molecule has 362 valence electrons. The van der Waals surface area contributed by atoms with Crippen molar-refractivity contribution in [1.29, 1.82) is 0 Å². The van der Waals surface area contributed by atoms with Crippen LogP contribution in [0.2, 0.25) is 10.0 Å². The van der Waals surface area contributed by atoms with Crippen molar-refractivity contribution in [3.63, 3.8) is 0 Å². The van der Waals surface area contributed by atoms with Crippen LogP contribution in [0.25, 0.3) is 23.4 Å². The Morgan fingerprint density at radius 1 is 0.700 bits per heavy atom. The average Bonchev–Trinajstić information content (AvgIpc) is 4.09. The number of aromatic amines is 4. The number of anilines is 4. The van der Waals surface area contributed by atoms with Gasteiger partial charge in [-0.15, -0.1) is 0 Å². The van der Waals surface area contributed by atoms with Gasteiger partial charge in [0, 0.05) is 62.5 Å². The summed E-state index contributed by atoms with van der Waals surface area (Å²) in [6.07, 6.45) is 9.78. The summed E-state index contributed by atoms with van der Waals surface area (Å²) in [5.41, 5.74) is 2.85. The normalized spacial score (nSPS) is 16.0. The predicted octanol–water partition coefficient (Wildman–Crippen LogP) is 3.38. The van der Waals surface area contributed by atoms with Crippen LogP contribution in [-0.4, -0.2) is 108 Å². The van der Waals surface area contributed by atoms with Gasteiger partial charge in [0.15, 0.2) is 22.3 Å². The second-order valence-corrected chi connectivity index (χ2v) is 18.8. The fraction of sp³-hybridized carbons (Fsp3) is 0.298. The number of halogens is 2. The molecule has 8 heterocycles. The lowest BCUT2D eigenvalue weighted by atomic mass is 9.93. The van der Waals surface area contributed by atoms with Crippen LogP contribution in [0.5, 0.6) is 11.8 Å². The first kappa shape index (κ1) is 47.3. The van der Waals surface area contributed by atoms with Gasteiger partial charge in [-0.1, -0.05) is 56.1 Å². The molecule has 2 aromatic carbocycles. The van der Waals surface area contributed by atoms with Gasteiger partial charge in [-0.05, 0) is 87.3 Å². The van der Waals surface area contributed by atoms with E-state index in [0.29, 0.717) is 67.5 Å². The number of nitrogens with one attached hydrogen (secondary N) is 7. The number of imidazole rings is 2. The molecule has 6 aromatic heterocycles. The van der Waals surface area contributed by atoms with Gasteiger partial charge in [0.1, 0.15) is 23.0 Å². The van der Waals surface area contributed by atoms with Gasteiger partial charge in [0.25, 0.3) is 0 Å². The number of nitrogens with zero attached hydrogens (tertiary/aromatic N) is 9. The molecular weight excluding hydrogens is 940 g/mol. The number of H-pyrrole nitrogens is 4. The van der Waals surface area contributed by atoms with Gasteiger partial charge in [-0.2, -0.15) is 19.2 Å². The van der Waals surface area contributed by atoms with Crippen molar-refractivity contribution in [3.05, 3.63) is 137 Å². The lowest BCUT2D eigenvalue weighted by Crippen LogP contribution is -2.45. The summed E-state index contributed by atoms with van der Waals surface area (Å²) >= 11 is 12.3. The number of hydrogen-bond donors (Lipinski definition) is 9. The summed E-state index contributed by atoms with van der Waals surface area (Å²) < 4.78 is 3.29. The van der Waals surface area contributed by atoms with E-state index in [-0.39, 0.29) is 41.1 Å². The minimum atomic E-state index is -0.520. The second-order valence-electron chi connectivity index (χ2n) is 17.9. The Kier molecular flexibility index (Phi) is 13.6. The van der Waals surface area contributed by atoms with Crippen molar-refractivity contribution in [2.45, 2.75) is 58.5 Å². The fourth-order valence-corrected chi connectivity index (χ4v) is 8.53. The molecule has 0 bridgehead atoms. The van der Waals surface area contributed by atoms with E-state index in [1.807, 2.05) is 68.1 Å². The van der Waals surface area contributed by atoms with Crippen LogP contribution < -0.4 is 48.7 Å². The molecule has 1 amide bonds. The molecule has 10 rings (SSSR count). The third-order valence-corrected chi connectivity index (χ3v) is 12.0. The van der Waals surface area contributed by atoms with Crippen LogP contribution in [0.15, 0.2) is 92.6 Å². The molecule has 0 aliphatic carbocycles. The third-order valence-electron chi connectivity index (χ3n) is 11.6. The molecule has 0 spiro atoms. The smallest absolute Gasteiger partial charge is 0.326 e. The highest BCUT2D eigenvalue weighted by molar-refractivity contribution is 6.31. The number of fused-ring (bicyclic) bond motifs is 2. The van der Waals surface area contributed by atoms with E-state index in [1.165, 1.54) is 0 Å². The lowest BCUT2D eigenvalue weighted by Gasteiger charge is -2.34. The SMILES string of the molecule is CC(C)(C)C(=O)N1CCC(N=c2cc(Nc3cccc(Cl)c3)nc3c(=Cc4[nH]c(=O)[nH]c4O)cnn23)CC1.O=c1[nH]c(O)c(C=c2cnn3c(=NC4CCNCC4)cc(Nc4cccc(Cl)c4)nc23)[nH]1. The maximum absolute atomic E-state index is 12.7. The molecule has 2 aliphatic heterocycles. The largest absolute Gasteiger partial charge is 0.493 e. The Labute approximate surface area is 407 Å². The number of likely N-dealkylation sites (tertiary alicyclic amines) is 1. The van der Waals surface area contributed by atoms with Gasteiger partial charge in [-0.25, -0.2) is 19.6 Å². The van der Waals surface area contributed by atoms with Crippen molar-refractivity contribution in [2.75, 3.05) is 36.8 Å². The first-order valence-electron chi connectivity index (χ1n) is 22.6. The van der Waals surface area contributed by atoms with E-state index < -0.39 is 16.8 Å². The molecule has 0 atom stereocenters. The molecule has 0 saturated carbocycles. The molecule has 2 aliphatic rings. The van der Waals surface area contributed by atoms with Crippen molar-refractivity contribution >= 4 is 75.6 Å². The second kappa shape index (κ2) is 20.1. The van der Waals surface area contributed by atoms with Crippen LogP contribution in [0.1, 0.15) is 57.8 Å². The summed E-state index contributed by atoms with van der Waals surface area (Å²) in [5.74, 6) is 0.731. The van der Waals surface area contributed by atoms with Crippen LogP contribution in [0.3, 0.4) is 0 Å². The highest BCUT2D eigenvalue weighted by Gasteiger charge is 2.30. The van der Waals surface area contributed by atoms with E-state index >= 15 is 0 Å². The Morgan fingerprint density at radius 2 is 1.16 bits per heavy atom. The van der Waals surface area contributed by atoms with Crippen LogP contribution in [0.4, 0.5) is 23.0 Å². The van der Waals surface area contributed by atoms with Crippen molar-refractivity contribution in [1.82, 2.24) is 59.3 Å². The molecule has 2 saturated heterocycles. The summed E-state index contributed by atoms with van der Waals surface area (Å²) in [5, 5.41) is 41.2. The minimum absolute atomic E-state index is 0.00495. The van der Waals surface area contributed by atoms with Gasteiger partial charge >= 0.3 is 11.4 Å². The van der Waals surface area contributed by atoms with Gasteiger partial charge in [-0.3, -0.25) is 24.7 Å². The summed E-state index contributed by atoms with van der Waals surface area (Å²) in [6.45, 7) is 8.94. The maximum atomic E-state index is 12.7. The number of hydrogen-bond acceptors (Lipinski definition) is 14. The zero-order chi connectivity index (χ0) is 49.1. The van der Waals surface area contributed by atoms with Crippen molar-refractivity contribution < 1.29 is 15.0 Å². The zero-order valence-corrected chi connectivity index (χ0v) is 39.8. The summed E-state index contributed by atoms with van der Waals surface area (Å²) in [7, 11) is 0. The molecule has 23 heteroatoms. The molecule has 9 N–H and O–H groups in total. The Morgan fingerprint density at radius 3 is 1.57 bits per heavy atom. The average molecular weight is 990 g/mol. The molecular formula is C47H50Cl2N16O5. The van der Waals surface area contributed by atoms with E-state index in [2.05, 4.69) is 46.1 Å². The Bertz CT molecular complexity index is 3590. The Balaban J connectivity index is 0.000000176. The van der Waals surface area contributed by atoms with E-state index in [1.54, 1.807) is 51.8 Å². The van der Waals surface area contributed by atoms with Crippen LogP contribution in [-0.2, 0) is 4.79 Å². The van der Waals surface area contributed by atoms with Gasteiger partial charge < -0.3 is 41.0 Å². The van der Waals surface area contributed by atoms with Crippen molar-refractivity contribution in [2.24, 2.45) is 15.4 Å². The number of amides is 1. The number of benzene rings is 2. The van der Waals surface area contributed by atoms with E-state index in [4.69, 9.17) is 43.2 Å². The number of aromatic hydroxyl groups is 2. The third kappa shape index (κ3) is 11.1. The number of rotatable bonds is 8. The van der Waals surface area contributed by atoms with E-state index in [9.17, 15) is 24.6 Å². The standard InChI is InChI=1S/C26H29ClN8O3.C21H21ClN8O2/c1-26(2,3)24(37)34-9-7-17(8-10-34)30-21-13-20(29-18-6-4-5-16(27)12-18)32-22-15(14-28-35(21)22)11-19-23(36)33-25(38)31-19;22-13-2-1-3-15(9-13)25-17-10-18(26-14-4-6-23-7-5-14)30-19(28-17)12(11-24-30)8-16-20(31)29-21(32)27-16/h4-6,11-14,17,29,36H,7-10H2,1-3H3,(H2,31,33,38);1-3,8-11,14,23,25,31H,4-7H2,(H2,27,29,32). The van der Waals surface area contributed by atoms with Gasteiger partial charge in [0.05, 0.1) is 24.5 Å². The predicted molar refractivity (Wildman–Crippen MR) is 265 cm³/mol. The maximum Gasteiger partial charge on any atom is 0.326 e. The zero-order valence-electron chi connectivity index (χ0n) is 38.3.